The highest BCUT2D eigenvalue weighted by Crippen LogP contribution is 2.31. The van der Waals surface area contributed by atoms with Crippen LogP contribution in [0, 0.1) is 0 Å². The summed E-state index contributed by atoms with van der Waals surface area (Å²) in [6.07, 6.45) is -3.78. The fraction of sp³-hybridized carbons (Fsp3) is 0.625. The first-order valence-electron chi connectivity index (χ1n) is 4.37. The van der Waals surface area contributed by atoms with Crippen LogP contribution in [0.4, 0.5) is 18.3 Å². The van der Waals surface area contributed by atoms with Crippen LogP contribution in [-0.4, -0.2) is 22.7 Å². The van der Waals surface area contributed by atoms with Gasteiger partial charge in [-0.3, -0.25) is 0 Å². The van der Waals surface area contributed by atoms with Gasteiger partial charge >= 0.3 is 6.18 Å². The summed E-state index contributed by atoms with van der Waals surface area (Å²) in [7, 11) is 0. The minimum absolute atomic E-state index is 0.128. The number of halogens is 3. The molecule has 0 amide bonds. The molecule has 1 heterocycles. The summed E-state index contributed by atoms with van der Waals surface area (Å²) in [5.41, 5.74) is -0.900. The summed E-state index contributed by atoms with van der Waals surface area (Å²) in [4.78, 5) is 3.39. The smallest absolute Gasteiger partial charge is 0.394 e. The average Bonchev–Trinajstić information content (AvgIpc) is 2.61. The summed E-state index contributed by atoms with van der Waals surface area (Å²) in [5.74, 6) is 0. The predicted molar refractivity (Wildman–Crippen MR) is 51.9 cm³/mol. The molecule has 0 unspecified atom stereocenters. The highest BCUT2D eigenvalue weighted by atomic mass is 32.1. The summed E-state index contributed by atoms with van der Waals surface area (Å²) in [6, 6.07) is -0.253. The van der Waals surface area contributed by atoms with E-state index in [0.717, 1.165) is 16.7 Å². The number of nitrogens with one attached hydrogen (secondary N) is 1. The van der Waals surface area contributed by atoms with Crippen molar-refractivity contribution in [3.63, 3.8) is 0 Å². The van der Waals surface area contributed by atoms with E-state index in [-0.39, 0.29) is 17.8 Å². The van der Waals surface area contributed by atoms with Crippen molar-refractivity contribution in [2.75, 3.05) is 11.9 Å². The molecule has 0 aromatic carbocycles. The number of anilines is 1. The number of aliphatic hydroxyl groups is 1. The van der Waals surface area contributed by atoms with Crippen LogP contribution in [-0.2, 0) is 6.18 Å². The Bertz CT molecular complexity index is 309. The van der Waals surface area contributed by atoms with Crippen molar-refractivity contribution in [1.29, 1.82) is 0 Å². The van der Waals surface area contributed by atoms with E-state index in [9.17, 15) is 13.2 Å². The largest absolute Gasteiger partial charge is 0.434 e. The minimum Gasteiger partial charge on any atom is -0.394 e. The Morgan fingerprint density at radius 1 is 1.60 bits per heavy atom. The molecule has 1 atom stereocenters. The van der Waals surface area contributed by atoms with Gasteiger partial charge in [0.25, 0.3) is 0 Å². The van der Waals surface area contributed by atoms with Crippen molar-refractivity contribution >= 4 is 16.5 Å². The lowest BCUT2D eigenvalue weighted by Gasteiger charge is -2.12. The molecule has 1 aromatic rings. The van der Waals surface area contributed by atoms with E-state index in [4.69, 9.17) is 5.11 Å². The first-order valence-corrected chi connectivity index (χ1v) is 5.25. The molecular weight excluding hydrogens is 229 g/mol. The number of aromatic nitrogens is 1. The number of alkyl halides is 3. The van der Waals surface area contributed by atoms with Crippen LogP contribution in [0.1, 0.15) is 19.0 Å². The van der Waals surface area contributed by atoms with Crippen LogP contribution in [0.5, 0.6) is 0 Å². The number of hydrogen-bond acceptors (Lipinski definition) is 4. The van der Waals surface area contributed by atoms with Crippen LogP contribution >= 0.6 is 11.3 Å². The molecule has 0 aliphatic rings. The van der Waals surface area contributed by atoms with Crippen LogP contribution in [0.3, 0.4) is 0 Å². The van der Waals surface area contributed by atoms with Gasteiger partial charge in [-0.1, -0.05) is 6.92 Å². The Labute approximate surface area is 89.0 Å². The van der Waals surface area contributed by atoms with Crippen molar-refractivity contribution in [3.05, 3.63) is 11.1 Å². The zero-order valence-electron chi connectivity index (χ0n) is 8.01. The number of nitrogens with zero attached hydrogens (tertiary/aromatic N) is 1. The first kappa shape index (κ1) is 12.3. The average molecular weight is 240 g/mol. The Morgan fingerprint density at radius 3 is 2.67 bits per heavy atom. The van der Waals surface area contributed by atoms with Gasteiger partial charge in [-0.15, -0.1) is 11.3 Å². The van der Waals surface area contributed by atoms with Gasteiger partial charge in [0.2, 0.25) is 0 Å². The zero-order valence-corrected chi connectivity index (χ0v) is 8.82. The molecular formula is C8H11F3N2OS. The zero-order chi connectivity index (χ0) is 11.5. The predicted octanol–water partition coefficient (Wildman–Crippen LogP) is 2.34. The molecule has 1 aromatic heterocycles. The van der Waals surface area contributed by atoms with E-state index >= 15 is 0 Å². The second-order valence-corrected chi connectivity index (χ2v) is 3.83. The summed E-state index contributed by atoms with van der Waals surface area (Å²) in [6.45, 7) is 1.70. The molecule has 0 spiro atoms. The monoisotopic (exact) mass is 240 g/mol. The molecule has 3 nitrogen and oxygen atoms in total. The Kier molecular flexibility index (Phi) is 3.92. The maximum atomic E-state index is 12.2. The number of rotatable bonds is 4. The Balaban J connectivity index is 2.68. The van der Waals surface area contributed by atoms with Crippen LogP contribution < -0.4 is 5.32 Å². The van der Waals surface area contributed by atoms with E-state index in [0.29, 0.717) is 6.42 Å². The summed E-state index contributed by atoms with van der Waals surface area (Å²) >= 11 is 0.882. The van der Waals surface area contributed by atoms with Crippen LogP contribution in [0.2, 0.25) is 0 Å². The van der Waals surface area contributed by atoms with E-state index in [1.165, 1.54) is 0 Å². The topological polar surface area (TPSA) is 45.1 Å². The van der Waals surface area contributed by atoms with Gasteiger partial charge in [0.15, 0.2) is 10.8 Å². The van der Waals surface area contributed by atoms with Crippen LogP contribution in [0.15, 0.2) is 5.38 Å². The second kappa shape index (κ2) is 4.80. The first-order chi connectivity index (χ1) is 6.97. The molecule has 0 bridgehead atoms. The molecule has 7 heteroatoms. The SMILES string of the molecule is CC[C@@H](CO)Nc1nc(C(F)(F)F)cs1. The van der Waals surface area contributed by atoms with Gasteiger partial charge < -0.3 is 10.4 Å². The van der Waals surface area contributed by atoms with Crippen LogP contribution in [0.25, 0.3) is 0 Å². The normalized spacial score (nSPS) is 13.9. The maximum Gasteiger partial charge on any atom is 0.434 e. The third-order valence-corrected chi connectivity index (χ3v) is 2.61. The van der Waals surface area contributed by atoms with Gasteiger partial charge in [0.05, 0.1) is 12.6 Å². The van der Waals surface area contributed by atoms with Crippen molar-refractivity contribution in [3.8, 4) is 0 Å². The number of hydrogen-bond donors (Lipinski definition) is 2. The molecule has 0 saturated heterocycles. The Hall–Kier alpha value is -0.820. The number of thiazole rings is 1. The fourth-order valence-corrected chi connectivity index (χ4v) is 1.72. The Morgan fingerprint density at radius 2 is 2.27 bits per heavy atom. The lowest BCUT2D eigenvalue weighted by Crippen LogP contribution is -2.22. The van der Waals surface area contributed by atoms with Gasteiger partial charge in [0.1, 0.15) is 0 Å². The quantitative estimate of drug-likeness (QED) is 0.849. The molecule has 0 aliphatic carbocycles. The highest BCUT2D eigenvalue weighted by molar-refractivity contribution is 7.13. The van der Waals surface area contributed by atoms with Gasteiger partial charge in [-0.05, 0) is 6.42 Å². The lowest BCUT2D eigenvalue weighted by molar-refractivity contribution is -0.140. The second-order valence-electron chi connectivity index (χ2n) is 2.97. The standard InChI is InChI=1S/C8H11F3N2OS/c1-2-5(3-14)12-7-13-6(4-15-7)8(9,10)11/h4-5,14H,2-3H2,1H3,(H,12,13)/t5-/m0/s1. The third-order valence-electron chi connectivity index (χ3n) is 1.84. The molecule has 15 heavy (non-hydrogen) atoms. The van der Waals surface area contributed by atoms with Gasteiger partial charge in [-0.2, -0.15) is 13.2 Å². The fourth-order valence-electron chi connectivity index (χ4n) is 0.922. The van der Waals surface area contributed by atoms with Crippen molar-refractivity contribution in [1.82, 2.24) is 4.98 Å². The van der Waals surface area contributed by atoms with E-state index in [1.54, 1.807) is 0 Å². The lowest BCUT2D eigenvalue weighted by atomic mass is 10.2. The van der Waals surface area contributed by atoms with E-state index in [1.807, 2.05) is 6.92 Å². The van der Waals surface area contributed by atoms with E-state index < -0.39 is 11.9 Å². The van der Waals surface area contributed by atoms with Crippen molar-refractivity contribution in [2.45, 2.75) is 25.6 Å². The summed E-state index contributed by atoms with van der Waals surface area (Å²) < 4.78 is 36.5. The summed E-state index contributed by atoms with van der Waals surface area (Å²) in [5, 5.41) is 12.7. The molecule has 0 aliphatic heterocycles. The number of aliphatic hydroxyl groups excluding tert-OH is 1. The molecule has 86 valence electrons. The maximum absolute atomic E-state index is 12.2. The highest BCUT2D eigenvalue weighted by Gasteiger charge is 2.33. The van der Waals surface area contributed by atoms with E-state index in [2.05, 4.69) is 10.3 Å². The van der Waals surface area contributed by atoms with Crippen molar-refractivity contribution in [2.24, 2.45) is 0 Å². The molecule has 2 N–H and O–H groups in total. The molecule has 0 saturated carbocycles. The van der Waals surface area contributed by atoms with Crippen molar-refractivity contribution < 1.29 is 18.3 Å². The van der Waals surface area contributed by atoms with Gasteiger partial charge in [-0.25, -0.2) is 4.98 Å². The molecule has 1 rings (SSSR count). The molecule has 0 radical (unpaired) electrons. The molecule has 0 fully saturated rings. The van der Waals surface area contributed by atoms with Gasteiger partial charge in [0, 0.05) is 5.38 Å². The third kappa shape index (κ3) is 3.35. The minimum atomic E-state index is -4.41.